The first-order valence-electron chi connectivity index (χ1n) is 6.58. The van der Waals surface area contributed by atoms with Crippen molar-refractivity contribution in [3.05, 3.63) is 0 Å². The van der Waals surface area contributed by atoms with E-state index >= 15 is 0 Å². The van der Waals surface area contributed by atoms with Gasteiger partial charge in [0, 0.05) is 25.2 Å². The minimum Gasteiger partial charge on any atom is -0.468 e. The fraction of sp³-hybridized carbons (Fsp3) is 0.923. The fourth-order valence-corrected chi connectivity index (χ4v) is 2.84. The monoisotopic (exact) mass is 240 g/mol. The number of piperazine rings is 1. The molecule has 4 nitrogen and oxygen atoms in total. The summed E-state index contributed by atoms with van der Waals surface area (Å²) in [5.41, 5.74) is 0. The van der Waals surface area contributed by atoms with Crippen molar-refractivity contribution < 1.29 is 9.53 Å². The van der Waals surface area contributed by atoms with Crippen LogP contribution in [0, 0.1) is 5.92 Å². The molecule has 4 heteroatoms. The number of methoxy groups -OCH3 is 1. The molecule has 2 fully saturated rings. The molecule has 0 aromatic carbocycles. The highest BCUT2D eigenvalue weighted by Crippen LogP contribution is 2.37. The van der Waals surface area contributed by atoms with Crippen LogP contribution in [0.4, 0.5) is 0 Å². The molecular formula is C13H24N2O2. The van der Waals surface area contributed by atoms with Crippen LogP contribution in [0.25, 0.3) is 0 Å². The van der Waals surface area contributed by atoms with E-state index in [9.17, 15) is 4.79 Å². The molecule has 1 aliphatic carbocycles. The van der Waals surface area contributed by atoms with Crippen molar-refractivity contribution in [2.45, 2.75) is 44.8 Å². The molecule has 2 aliphatic rings. The van der Waals surface area contributed by atoms with Crippen LogP contribution in [0.1, 0.15) is 26.7 Å². The summed E-state index contributed by atoms with van der Waals surface area (Å²) in [6.45, 7) is 6.39. The lowest BCUT2D eigenvalue weighted by molar-refractivity contribution is -0.149. The van der Waals surface area contributed by atoms with Crippen LogP contribution in [-0.2, 0) is 9.53 Å². The van der Waals surface area contributed by atoms with Crippen molar-refractivity contribution in [2.75, 3.05) is 27.2 Å². The van der Waals surface area contributed by atoms with Crippen molar-refractivity contribution in [1.29, 1.82) is 0 Å². The Morgan fingerprint density at radius 1 is 1.24 bits per heavy atom. The summed E-state index contributed by atoms with van der Waals surface area (Å²) in [7, 11) is 3.66. The summed E-state index contributed by atoms with van der Waals surface area (Å²) < 4.78 is 4.97. The van der Waals surface area contributed by atoms with Crippen LogP contribution in [0.5, 0.6) is 0 Å². The van der Waals surface area contributed by atoms with Crippen molar-refractivity contribution in [3.63, 3.8) is 0 Å². The van der Waals surface area contributed by atoms with Gasteiger partial charge in [0.05, 0.1) is 7.11 Å². The molecule has 0 spiro atoms. The number of esters is 1. The highest BCUT2D eigenvalue weighted by Gasteiger charge is 2.43. The van der Waals surface area contributed by atoms with Gasteiger partial charge in [-0.25, -0.2) is 0 Å². The molecule has 1 saturated heterocycles. The molecule has 0 aromatic rings. The SMILES string of the molecule is COC(=O)C(C1CC1)N1CC(C)N(C)C(C)C1. The van der Waals surface area contributed by atoms with E-state index in [0.29, 0.717) is 18.0 Å². The average Bonchev–Trinajstić information content (AvgIpc) is 3.10. The zero-order valence-corrected chi connectivity index (χ0v) is 11.3. The Hall–Kier alpha value is -0.610. The third-order valence-corrected chi connectivity index (χ3v) is 4.29. The summed E-state index contributed by atoms with van der Waals surface area (Å²) in [5.74, 6) is 0.488. The summed E-state index contributed by atoms with van der Waals surface area (Å²) in [4.78, 5) is 16.6. The molecular weight excluding hydrogens is 216 g/mol. The Morgan fingerprint density at radius 3 is 2.18 bits per heavy atom. The van der Waals surface area contributed by atoms with Crippen LogP contribution in [0.3, 0.4) is 0 Å². The zero-order valence-electron chi connectivity index (χ0n) is 11.3. The van der Waals surface area contributed by atoms with E-state index in [4.69, 9.17) is 4.74 Å². The lowest BCUT2D eigenvalue weighted by Crippen LogP contribution is -2.59. The Labute approximate surface area is 104 Å². The van der Waals surface area contributed by atoms with Crippen LogP contribution in [-0.4, -0.2) is 61.1 Å². The molecule has 3 atom stereocenters. The summed E-state index contributed by atoms with van der Waals surface area (Å²) in [6.07, 6.45) is 2.35. The topological polar surface area (TPSA) is 32.8 Å². The lowest BCUT2D eigenvalue weighted by Gasteiger charge is -2.44. The Morgan fingerprint density at radius 2 is 1.76 bits per heavy atom. The van der Waals surface area contributed by atoms with Crippen molar-refractivity contribution in [3.8, 4) is 0 Å². The lowest BCUT2D eigenvalue weighted by atomic mass is 10.0. The first kappa shape index (κ1) is 12.8. The maximum atomic E-state index is 11.9. The van der Waals surface area contributed by atoms with E-state index in [0.717, 1.165) is 13.1 Å². The average molecular weight is 240 g/mol. The number of carbonyl (C=O) groups is 1. The first-order chi connectivity index (χ1) is 8.04. The second kappa shape index (κ2) is 4.94. The van der Waals surface area contributed by atoms with Gasteiger partial charge < -0.3 is 4.74 Å². The van der Waals surface area contributed by atoms with Gasteiger partial charge in [0.25, 0.3) is 0 Å². The highest BCUT2D eigenvalue weighted by atomic mass is 16.5. The van der Waals surface area contributed by atoms with Gasteiger partial charge in [-0.2, -0.15) is 0 Å². The van der Waals surface area contributed by atoms with Crippen LogP contribution in [0.2, 0.25) is 0 Å². The van der Waals surface area contributed by atoms with Crippen molar-refractivity contribution >= 4 is 5.97 Å². The van der Waals surface area contributed by atoms with Gasteiger partial charge in [-0.3, -0.25) is 14.6 Å². The molecule has 1 saturated carbocycles. The van der Waals surface area contributed by atoms with E-state index in [1.54, 1.807) is 0 Å². The molecule has 0 bridgehead atoms. The number of rotatable bonds is 3. The molecule has 3 unspecified atom stereocenters. The molecule has 0 aromatic heterocycles. The highest BCUT2D eigenvalue weighted by molar-refractivity contribution is 5.76. The normalized spacial score (nSPS) is 33.4. The second-order valence-electron chi connectivity index (χ2n) is 5.62. The van der Waals surface area contributed by atoms with Gasteiger partial charge in [-0.15, -0.1) is 0 Å². The van der Waals surface area contributed by atoms with Crippen molar-refractivity contribution in [2.24, 2.45) is 5.92 Å². The summed E-state index contributed by atoms with van der Waals surface area (Å²) in [5, 5.41) is 0. The smallest absolute Gasteiger partial charge is 0.323 e. The number of likely N-dealkylation sites (N-methyl/N-ethyl adjacent to an activating group) is 1. The van der Waals surface area contributed by atoms with Gasteiger partial charge in [-0.05, 0) is 39.7 Å². The molecule has 0 radical (unpaired) electrons. The van der Waals surface area contributed by atoms with Crippen LogP contribution < -0.4 is 0 Å². The third kappa shape index (κ3) is 2.63. The maximum Gasteiger partial charge on any atom is 0.323 e. The predicted octanol–water partition coefficient (Wildman–Crippen LogP) is 0.962. The molecule has 0 N–H and O–H groups in total. The second-order valence-corrected chi connectivity index (χ2v) is 5.62. The molecule has 17 heavy (non-hydrogen) atoms. The van der Waals surface area contributed by atoms with E-state index < -0.39 is 0 Å². The number of hydrogen-bond acceptors (Lipinski definition) is 4. The number of carbonyl (C=O) groups excluding carboxylic acids is 1. The van der Waals surface area contributed by atoms with Gasteiger partial charge in [0.1, 0.15) is 6.04 Å². The molecule has 1 aliphatic heterocycles. The fourth-order valence-electron chi connectivity index (χ4n) is 2.84. The van der Waals surface area contributed by atoms with E-state index in [2.05, 4.69) is 30.7 Å². The number of ether oxygens (including phenoxy) is 1. The minimum atomic E-state index is -0.0450. The third-order valence-electron chi connectivity index (χ3n) is 4.29. The molecule has 98 valence electrons. The summed E-state index contributed by atoms with van der Waals surface area (Å²) in [6, 6.07) is 1.01. The Kier molecular flexibility index (Phi) is 3.73. The Bertz CT molecular complexity index is 279. The maximum absolute atomic E-state index is 11.9. The number of hydrogen-bond donors (Lipinski definition) is 0. The molecule has 0 amide bonds. The van der Waals surface area contributed by atoms with Crippen LogP contribution in [0.15, 0.2) is 0 Å². The Balaban J connectivity index is 2.06. The van der Waals surface area contributed by atoms with E-state index in [1.165, 1.54) is 20.0 Å². The first-order valence-corrected chi connectivity index (χ1v) is 6.58. The minimum absolute atomic E-state index is 0.00130. The van der Waals surface area contributed by atoms with Gasteiger partial charge >= 0.3 is 5.97 Å². The quantitative estimate of drug-likeness (QED) is 0.688. The summed E-state index contributed by atoms with van der Waals surface area (Å²) >= 11 is 0. The van der Waals surface area contributed by atoms with Gasteiger partial charge in [0.2, 0.25) is 0 Å². The van der Waals surface area contributed by atoms with Crippen molar-refractivity contribution in [1.82, 2.24) is 9.80 Å². The molecule has 1 heterocycles. The van der Waals surface area contributed by atoms with Gasteiger partial charge in [0.15, 0.2) is 0 Å². The number of nitrogens with zero attached hydrogens (tertiary/aromatic N) is 2. The standard InChI is InChI=1S/C13H24N2O2/c1-9-7-15(8-10(2)14(9)3)12(11-5-6-11)13(16)17-4/h9-12H,5-8H2,1-4H3. The van der Waals surface area contributed by atoms with E-state index in [-0.39, 0.29) is 12.0 Å². The molecule has 2 rings (SSSR count). The van der Waals surface area contributed by atoms with E-state index in [1.807, 2.05) is 0 Å². The van der Waals surface area contributed by atoms with Gasteiger partial charge in [-0.1, -0.05) is 0 Å². The van der Waals surface area contributed by atoms with Crippen LogP contribution >= 0.6 is 0 Å². The zero-order chi connectivity index (χ0) is 12.6. The largest absolute Gasteiger partial charge is 0.468 e. The predicted molar refractivity (Wildman–Crippen MR) is 66.8 cm³/mol.